The maximum atomic E-state index is 14.4. The van der Waals surface area contributed by atoms with Crippen molar-refractivity contribution in [3.05, 3.63) is 114 Å². The number of nitrogens with zero attached hydrogens (tertiary/aromatic N) is 4. The number of esters is 1. The summed E-state index contributed by atoms with van der Waals surface area (Å²) in [6, 6.07) is 29.5. The van der Waals surface area contributed by atoms with Gasteiger partial charge in [0, 0.05) is 25.6 Å². The lowest BCUT2D eigenvalue weighted by molar-refractivity contribution is -0.158. The molecule has 2 fully saturated rings. The number of amides is 4. The maximum absolute atomic E-state index is 14.4. The molecule has 2 aliphatic rings. The number of benzene rings is 4. The number of fused-ring (bicyclic) bond motifs is 2. The van der Waals surface area contributed by atoms with E-state index in [2.05, 4.69) is 16.1 Å². The first-order chi connectivity index (χ1) is 23.7. The van der Waals surface area contributed by atoms with Gasteiger partial charge in [0.05, 0.1) is 20.2 Å². The second kappa shape index (κ2) is 14.8. The van der Waals surface area contributed by atoms with Gasteiger partial charge >= 0.3 is 12.0 Å². The summed E-state index contributed by atoms with van der Waals surface area (Å²) in [4.78, 5) is 57.0. The fourth-order valence-electron chi connectivity index (χ4n) is 6.65. The molecule has 2 heterocycles. The van der Waals surface area contributed by atoms with Crippen molar-refractivity contribution in [3.63, 3.8) is 0 Å². The van der Waals surface area contributed by atoms with Crippen LogP contribution in [-0.4, -0.2) is 88.7 Å². The quantitative estimate of drug-likeness (QED) is 0.238. The molecule has 4 aromatic carbocycles. The van der Waals surface area contributed by atoms with Gasteiger partial charge in [-0.25, -0.2) is 9.59 Å². The number of urea groups is 1. The van der Waals surface area contributed by atoms with E-state index in [9.17, 15) is 19.2 Å². The number of rotatable bonds is 11. The molecule has 0 bridgehead atoms. The Hall–Kier alpha value is -5.42. The SMILES string of the molecule is COC(=O)COc1ccc(C[C@H]2C(=O)N(Cc3cccc4ccccc34)CC3N2C(=O)CN3N(C(=O)NCc2ccccc2)C(C)C)cc1. The molecule has 0 spiro atoms. The standard InChI is InChI=1S/C38H41N5O6/c1-26(2)43(38(47)39-21-28-10-5-4-6-11-28)41-24-35(44)42-33(20-27-16-18-31(19-17-27)49-25-36(45)48-3)37(46)40(23-34(41)42)22-30-14-9-13-29-12-7-8-15-32(29)30/h4-19,26,33-34H,20-25H2,1-3H3,(H,39,47)/t33-,34?/m0/s1. The summed E-state index contributed by atoms with van der Waals surface area (Å²) in [6.45, 7) is 4.51. The Bertz CT molecular complexity index is 1810. The van der Waals surface area contributed by atoms with Gasteiger partial charge in [-0.3, -0.25) is 14.6 Å². The molecule has 2 aliphatic heterocycles. The van der Waals surface area contributed by atoms with E-state index in [0.717, 1.165) is 27.5 Å². The molecular formula is C38H41N5O6. The Labute approximate surface area is 285 Å². The number of hydrogen-bond donors (Lipinski definition) is 1. The largest absolute Gasteiger partial charge is 0.482 e. The minimum absolute atomic E-state index is 0.0339. The fraction of sp³-hybridized carbons (Fsp3) is 0.316. The number of piperazine rings is 1. The van der Waals surface area contributed by atoms with Gasteiger partial charge < -0.3 is 24.6 Å². The monoisotopic (exact) mass is 663 g/mol. The summed E-state index contributed by atoms with van der Waals surface area (Å²) in [6.07, 6.45) is -0.294. The average Bonchev–Trinajstić information content (AvgIpc) is 3.43. The molecule has 11 nitrogen and oxygen atoms in total. The number of methoxy groups -OCH3 is 1. The normalized spacial score (nSPS) is 17.7. The van der Waals surface area contributed by atoms with Gasteiger partial charge in [-0.05, 0) is 53.4 Å². The van der Waals surface area contributed by atoms with Crippen LogP contribution in [0, 0.1) is 0 Å². The van der Waals surface area contributed by atoms with Crippen LogP contribution < -0.4 is 10.1 Å². The van der Waals surface area contributed by atoms with Gasteiger partial charge in [0.1, 0.15) is 18.0 Å². The van der Waals surface area contributed by atoms with Gasteiger partial charge in [0.2, 0.25) is 11.8 Å². The molecule has 49 heavy (non-hydrogen) atoms. The molecule has 0 saturated carbocycles. The molecule has 6 rings (SSSR count). The molecule has 4 aromatic rings. The molecule has 2 atom stereocenters. The number of ether oxygens (including phenoxy) is 2. The van der Waals surface area contributed by atoms with Crippen LogP contribution in [0.5, 0.6) is 5.75 Å². The lowest BCUT2D eigenvalue weighted by Crippen LogP contribution is -2.66. The zero-order chi connectivity index (χ0) is 34.5. The first-order valence-corrected chi connectivity index (χ1v) is 16.5. The van der Waals surface area contributed by atoms with E-state index >= 15 is 0 Å². The summed E-state index contributed by atoms with van der Waals surface area (Å²) < 4.78 is 10.1. The second-order valence-electron chi connectivity index (χ2n) is 12.5. The van der Waals surface area contributed by atoms with E-state index in [-0.39, 0.29) is 50.0 Å². The Balaban J connectivity index is 1.29. The van der Waals surface area contributed by atoms with Crippen molar-refractivity contribution in [2.75, 3.05) is 26.8 Å². The average molecular weight is 664 g/mol. The van der Waals surface area contributed by atoms with Gasteiger partial charge in [-0.15, -0.1) is 0 Å². The van der Waals surface area contributed by atoms with Crippen molar-refractivity contribution in [1.82, 2.24) is 25.1 Å². The van der Waals surface area contributed by atoms with Crippen molar-refractivity contribution < 1.29 is 28.7 Å². The van der Waals surface area contributed by atoms with E-state index in [1.165, 1.54) is 7.11 Å². The third kappa shape index (κ3) is 7.36. The van der Waals surface area contributed by atoms with Gasteiger partial charge in [0.25, 0.3) is 0 Å². The Morgan fingerprint density at radius 2 is 1.61 bits per heavy atom. The van der Waals surface area contributed by atoms with Crippen LogP contribution in [-0.2, 0) is 38.6 Å². The third-order valence-electron chi connectivity index (χ3n) is 9.01. The molecular weight excluding hydrogens is 622 g/mol. The predicted molar refractivity (Wildman–Crippen MR) is 184 cm³/mol. The highest BCUT2D eigenvalue weighted by atomic mass is 16.6. The molecule has 0 aliphatic carbocycles. The van der Waals surface area contributed by atoms with Crippen LogP contribution >= 0.6 is 0 Å². The molecule has 2 saturated heterocycles. The van der Waals surface area contributed by atoms with E-state index < -0.39 is 18.2 Å². The minimum atomic E-state index is -0.797. The minimum Gasteiger partial charge on any atom is -0.482 e. The molecule has 11 heteroatoms. The first kappa shape index (κ1) is 33.5. The van der Waals surface area contributed by atoms with E-state index in [4.69, 9.17) is 4.74 Å². The van der Waals surface area contributed by atoms with E-state index in [1.807, 2.05) is 103 Å². The van der Waals surface area contributed by atoms with Gasteiger partial charge in [-0.2, -0.15) is 5.01 Å². The number of carbonyl (C=O) groups excluding carboxylic acids is 4. The Kier molecular flexibility index (Phi) is 10.1. The van der Waals surface area contributed by atoms with Crippen molar-refractivity contribution in [3.8, 4) is 5.75 Å². The maximum Gasteiger partial charge on any atom is 0.343 e. The topological polar surface area (TPSA) is 112 Å². The smallest absolute Gasteiger partial charge is 0.343 e. The van der Waals surface area contributed by atoms with Gasteiger partial charge in [-0.1, -0.05) is 84.9 Å². The predicted octanol–water partition coefficient (Wildman–Crippen LogP) is 4.35. The number of carbonyl (C=O) groups is 4. The molecule has 0 aromatic heterocycles. The number of nitrogens with one attached hydrogen (secondary N) is 1. The van der Waals surface area contributed by atoms with Crippen molar-refractivity contribution in [2.45, 2.75) is 51.6 Å². The summed E-state index contributed by atoms with van der Waals surface area (Å²) in [5, 5.41) is 8.58. The Morgan fingerprint density at radius 1 is 0.898 bits per heavy atom. The lowest BCUT2D eigenvalue weighted by atomic mass is 9.99. The van der Waals surface area contributed by atoms with E-state index in [0.29, 0.717) is 18.8 Å². The highest BCUT2D eigenvalue weighted by molar-refractivity contribution is 5.92. The van der Waals surface area contributed by atoms with Gasteiger partial charge in [0.15, 0.2) is 6.61 Å². The summed E-state index contributed by atoms with van der Waals surface area (Å²) >= 11 is 0. The molecule has 1 N–H and O–H groups in total. The van der Waals surface area contributed by atoms with Crippen LogP contribution in [0.1, 0.15) is 30.5 Å². The zero-order valence-electron chi connectivity index (χ0n) is 28.0. The first-order valence-electron chi connectivity index (χ1n) is 16.5. The van der Waals surface area contributed by atoms with Crippen LogP contribution in [0.3, 0.4) is 0 Å². The van der Waals surface area contributed by atoms with Crippen molar-refractivity contribution >= 4 is 34.6 Å². The third-order valence-corrected chi connectivity index (χ3v) is 9.01. The summed E-state index contributed by atoms with van der Waals surface area (Å²) in [5.74, 6) is -0.379. The zero-order valence-corrected chi connectivity index (χ0v) is 28.0. The molecule has 254 valence electrons. The van der Waals surface area contributed by atoms with Crippen LogP contribution in [0.15, 0.2) is 97.1 Å². The van der Waals surface area contributed by atoms with Crippen LogP contribution in [0.2, 0.25) is 0 Å². The highest BCUT2D eigenvalue weighted by Gasteiger charge is 2.52. The Morgan fingerprint density at radius 3 is 2.35 bits per heavy atom. The van der Waals surface area contributed by atoms with Crippen molar-refractivity contribution in [2.24, 2.45) is 0 Å². The molecule has 0 radical (unpaired) electrons. The number of hydrogen-bond acceptors (Lipinski definition) is 7. The van der Waals surface area contributed by atoms with Crippen molar-refractivity contribution in [1.29, 1.82) is 0 Å². The van der Waals surface area contributed by atoms with Crippen LogP contribution in [0.4, 0.5) is 4.79 Å². The lowest BCUT2D eigenvalue weighted by Gasteiger charge is -2.47. The summed E-state index contributed by atoms with van der Waals surface area (Å²) in [7, 11) is 1.30. The van der Waals surface area contributed by atoms with Crippen LogP contribution in [0.25, 0.3) is 10.8 Å². The summed E-state index contributed by atoms with van der Waals surface area (Å²) in [5.41, 5.74) is 2.79. The molecule has 1 unspecified atom stereocenters. The second-order valence-corrected chi connectivity index (χ2v) is 12.5. The number of hydrazine groups is 1. The fourth-order valence-corrected chi connectivity index (χ4v) is 6.65. The van der Waals surface area contributed by atoms with E-state index in [1.54, 1.807) is 22.0 Å². The highest BCUT2D eigenvalue weighted by Crippen LogP contribution is 2.32. The molecule has 4 amide bonds.